The molecule has 0 radical (unpaired) electrons. The van der Waals surface area contributed by atoms with Crippen LogP contribution in [0.15, 0.2) is 27.8 Å². The Morgan fingerprint density at radius 1 is 1.64 bits per heavy atom. The number of nitrogens with one attached hydrogen (secondary N) is 1. The highest BCUT2D eigenvalue weighted by Crippen LogP contribution is 2.08. The zero-order valence-corrected chi connectivity index (χ0v) is 7.85. The maximum absolute atomic E-state index is 11.0. The molecule has 0 spiro atoms. The van der Waals surface area contributed by atoms with Gasteiger partial charge in [0, 0.05) is 0 Å². The fourth-order valence-electron chi connectivity index (χ4n) is 0.562. The van der Waals surface area contributed by atoms with Crippen LogP contribution in [0.1, 0.15) is 0 Å². The third kappa shape index (κ3) is 2.20. The van der Waals surface area contributed by atoms with Gasteiger partial charge in [-0.15, -0.1) is 0 Å². The average molecular weight is 233 g/mol. The largest absolute Gasteiger partial charge is 0.299 e. The number of nitrogens with zero attached hydrogens (tertiary/aromatic N) is 1. The van der Waals surface area contributed by atoms with Crippen LogP contribution in [0.5, 0.6) is 0 Å². The van der Waals surface area contributed by atoms with E-state index in [1.807, 2.05) is 0 Å². The Labute approximate surface area is 74.9 Å². The summed E-state index contributed by atoms with van der Waals surface area (Å²) < 4.78 is 11.6. The summed E-state index contributed by atoms with van der Waals surface area (Å²) in [7, 11) is -1.40. The van der Waals surface area contributed by atoms with Crippen LogP contribution in [-0.2, 0) is 10.8 Å². The second-order valence-electron chi connectivity index (χ2n) is 1.71. The Balaban J connectivity index is 3.05. The molecule has 0 aliphatic heterocycles. The summed E-state index contributed by atoms with van der Waals surface area (Å²) in [5, 5.41) is 7.13. The minimum atomic E-state index is -1.40. The first-order valence-corrected chi connectivity index (χ1v) is 4.78. The summed E-state index contributed by atoms with van der Waals surface area (Å²) in [5.74, 6) is 0. The SMILES string of the molecule is N=CS(=O)c1cccc(Br)n1. The summed E-state index contributed by atoms with van der Waals surface area (Å²) in [6.45, 7) is 0. The minimum Gasteiger partial charge on any atom is -0.299 e. The fourth-order valence-corrected chi connectivity index (χ4v) is 1.54. The molecule has 1 atom stereocenters. The van der Waals surface area contributed by atoms with Gasteiger partial charge < -0.3 is 0 Å². The molecule has 0 amide bonds. The summed E-state index contributed by atoms with van der Waals surface area (Å²) >= 11 is 3.14. The Morgan fingerprint density at radius 2 is 2.36 bits per heavy atom. The zero-order chi connectivity index (χ0) is 8.27. The van der Waals surface area contributed by atoms with E-state index in [0.717, 1.165) is 5.55 Å². The molecule has 1 heterocycles. The first-order valence-electron chi connectivity index (χ1n) is 2.78. The standard InChI is InChI=1S/C6H5BrN2OS/c7-5-2-1-3-6(9-5)11(10)4-8/h1-4,8H. The number of aromatic nitrogens is 1. The number of pyridine rings is 1. The molecule has 0 aromatic carbocycles. The van der Waals surface area contributed by atoms with E-state index in [1.54, 1.807) is 18.2 Å². The van der Waals surface area contributed by atoms with Gasteiger partial charge in [-0.3, -0.25) is 5.41 Å². The lowest BCUT2D eigenvalue weighted by Crippen LogP contribution is -1.94. The number of hydrogen-bond donors (Lipinski definition) is 1. The van der Waals surface area contributed by atoms with Gasteiger partial charge in [0.1, 0.15) is 20.4 Å². The second-order valence-corrected chi connectivity index (χ2v) is 3.78. The molecule has 0 saturated carbocycles. The highest BCUT2D eigenvalue weighted by molar-refractivity contribution is 9.10. The van der Waals surface area contributed by atoms with E-state index >= 15 is 0 Å². The van der Waals surface area contributed by atoms with E-state index in [9.17, 15) is 4.21 Å². The van der Waals surface area contributed by atoms with Crippen LogP contribution >= 0.6 is 15.9 Å². The quantitative estimate of drug-likeness (QED) is 0.478. The van der Waals surface area contributed by atoms with Crippen LogP contribution in [0.4, 0.5) is 0 Å². The first-order chi connectivity index (χ1) is 5.24. The van der Waals surface area contributed by atoms with Gasteiger partial charge in [0.2, 0.25) is 0 Å². The molecule has 1 N–H and O–H groups in total. The molecule has 0 bridgehead atoms. The zero-order valence-electron chi connectivity index (χ0n) is 5.45. The molecule has 0 aliphatic carbocycles. The minimum absolute atomic E-state index is 0.398. The lowest BCUT2D eigenvalue weighted by Gasteiger charge is -1.93. The van der Waals surface area contributed by atoms with Crippen molar-refractivity contribution >= 4 is 32.3 Å². The van der Waals surface area contributed by atoms with Crippen LogP contribution < -0.4 is 0 Å². The van der Waals surface area contributed by atoms with Crippen LogP contribution in [0.3, 0.4) is 0 Å². The predicted molar refractivity (Wildman–Crippen MR) is 47.1 cm³/mol. The molecule has 58 valence electrons. The van der Waals surface area contributed by atoms with Crippen LogP contribution in [0, 0.1) is 5.41 Å². The maximum Gasteiger partial charge on any atom is 0.134 e. The Bertz CT molecular complexity index is 302. The Hall–Kier alpha value is -0.550. The van der Waals surface area contributed by atoms with Crippen LogP contribution in [0.25, 0.3) is 0 Å². The Kier molecular flexibility index (Phi) is 2.90. The monoisotopic (exact) mass is 232 g/mol. The third-order valence-electron chi connectivity index (χ3n) is 1.00. The van der Waals surface area contributed by atoms with Crippen molar-refractivity contribution in [3.05, 3.63) is 22.8 Å². The number of rotatable bonds is 2. The number of hydrogen-bond acceptors (Lipinski definition) is 3. The van der Waals surface area contributed by atoms with E-state index in [-0.39, 0.29) is 0 Å². The van der Waals surface area contributed by atoms with Gasteiger partial charge in [-0.2, -0.15) is 0 Å². The van der Waals surface area contributed by atoms with Crippen molar-refractivity contribution in [1.29, 1.82) is 5.41 Å². The average Bonchev–Trinajstić information content (AvgIpc) is 2.03. The van der Waals surface area contributed by atoms with Crippen molar-refractivity contribution in [2.24, 2.45) is 0 Å². The molecule has 0 aliphatic rings. The molecule has 1 aromatic heterocycles. The van der Waals surface area contributed by atoms with E-state index in [0.29, 0.717) is 9.63 Å². The van der Waals surface area contributed by atoms with Crippen molar-refractivity contribution in [2.45, 2.75) is 5.03 Å². The van der Waals surface area contributed by atoms with E-state index in [1.165, 1.54) is 0 Å². The summed E-state index contributed by atoms with van der Waals surface area (Å²) in [6.07, 6.45) is 0. The van der Waals surface area contributed by atoms with Gasteiger partial charge in [0.05, 0.1) is 5.55 Å². The first kappa shape index (κ1) is 8.55. The van der Waals surface area contributed by atoms with Gasteiger partial charge in [-0.1, -0.05) is 6.07 Å². The highest BCUT2D eigenvalue weighted by Gasteiger charge is 2.00. The summed E-state index contributed by atoms with van der Waals surface area (Å²) in [6, 6.07) is 5.09. The molecule has 11 heavy (non-hydrogen) atoms. The van der Waals surface area contributed by atoms with Crippen molar-refractivity contribution in [2.75, 3.05) is 0 Å². The van der Waals surface area contributed by atoms with Gasteiger partial charge in [0.15, 0.2) is 0 Å². The van der Waals surface area contributed by atoms with Gasteiger partial charge in [-0.25, -0.2) is 9.19 Å². The lowest BCUT2D eigenvalue weighted by molar-refractivity contribution is 0.687. The van der Waals surface area contributed by atoms with Crippen molar-refractivity contribution in [1.82, 2.24) is 4.98 Å². The fraction of sp³-hybridized carbons (Fsp3) is 0. The van der Waals surface area contributed by atoms with Crippen LogP contribution in [0.2, 0.25) is 0 Å². The summed E-state index contributed by atoms with van der Waals surface area (Å²) in [4.78, 5) is 3.91. The molecule has 0 fully saturated rings. The maximum atomic E-state index is 11.0. The van der Waals surface area contributed by atoms with E-state index in [4.69, 9.17) is 5.41 Å². The molecule has 1 aromatic rings. The van der Waals surface area contributed by atoms with Crippen LogP contribution in [-0.4, -0.2) is 14.7 Å². The van der Waals surface area contributed by atoms with E-state index < -0.39 is 10.8 Å². The predicted octanol–water partition coefficient (Wildman–Crippen LogP) is 1.56. The van der Waals surface area contributed by atoms with Crippen molar-refractivity contribution in [3.8, 4) is 0 Å². The van der Waals surface area contributed by atoms with Crippen molar-refractivity contribution < 1.29 is 4.21 Å². The highest BCUT2D eigenvalue weighted by atomic mass is 79.9. The normalized spacial score (nSPS) is 12.5. The molecule has 1 rings (SSSR count). The van der Waals surface area contributed by atoms with Gasteiger partial charge >= 0.3 is 0 Å². The van der Waals surface area contributed by atoms with E-state index in [2.05, 4.69) is 20.9 Å². The van der Waals surface area contributed by atoms with Gasteiger partial charge in [-0.05, 0) is 28.1 Å². The topological polar surface area (TPSA) is 53.8 Å². The molecular weight excluding hydrogens is 228 g/mol. The molecule has 3 nitrogen and oxygen atoms in total. The number of halogens is 1. The molecule has 0 saturated heterocycles. The molecular formula is C6H5BrN2OS. The third-order valence-corrected chi connectivity index (χ3v) is 2.30. The molecule has 1 unspecified atom stereocenters. The second kappa shape index (κ2) is 3.73. The van der Waals surface area contributed by atoms with Gasteiger partial charge in [0.25, 0.3) is 0 Å². The summed E-state index contributed by atoms with van der Waals surface area (Å²) in [5.41, 5.74) is 0.856. The smallest absolute Gasteiger partial charge is 0.134 e. The Morgan fingerprint density at radius 3 is 2.91 bits per heavy atom. The van der Waals surface area contributed by atoms with Crippen molar-refractivity contribution in [3.63, 3.8) is 0 Å². The lowest BCUT2D eigenvalue weighted by atomic mass is 10.5. The molecule has 5 heteroatoms.